The molecule has 0 aliphatic carbocycles. The molecule has 0 aliphatic rings. The highest BCUT2D eigenvalue weighted by molar-refractivity contribution is 5.93. The number of rotatable bonds is 5. The van der Waals surface area contributed by atoms with Gasteiger partial charge in [0, 0.05) is 11.4 Å². The first-order valence-electron chi connectivity index (χ1n) is 7.22. The van der Waals surface area contributed by atoms with Gasteiger partial charge in [0.2, 0.25) is 5.91 Å². The summed E-state index contributed by atoms with van der Waals surface area (Å²) >= 11 is 0. The lowest BCUT2D eigenvalue weighted by molar-refractivity contribution is -0.114. The van der Waals surface area contributed by atoms with Crippen molar-refractivity contribution in [3.05, 3.63) is 59.7 Å². The molecule has 1 amide bonds. The van der Waals surface area contributed by atoms with Crippen molar-refractivity contribution in [2.45, 2.75) is 19.8 Å². The van der Waals surface area contributed by atoms with Gasteiger partial charge >= 0.3 is 0 Å². The average Bonchev–Trinajstić information content (AvgIpc) is 2.54. The molecule has 0 radical (unpaired) electrons. The summed E-state index contributed by atoms with van der Waals surface area (Å²) in [6.45, 7) is 4.45. The summed E-state index contributed by atoms with van der Waals surface area (Å²) in [5.41, 5.74) is 3.44. The van der Waals surface area contributed by atoms with E-state index in [1.165, 1.54) is 5.56 Å². The summed E-state index contributed by atoms with van der Waals surface area (Å²) in [7, 11) is 0. The standard InChI is InChI=1S/C18H19N3O/c1-13(2)15-5-9-17(10-6-15)21-18(22)12-20-16-7-3-14(11-19)4-8-16/h3-10,13,20H,12H2,1-2H3,(H,21,22). The molecule has 0 heterocycles. The Hall–Kier alpha value is -2.80. The fourth-order valence-corrected chi connectivity index (χ4v) is 2.00. The van der Waals surface area contributed by atoms with Crippen LogP contribution in [0.2, 0.25) is 0 Å². The maximum atomic E-state index is 11.9. The Balaban J connectivity index is 1.85. The molecule has 2 N–H and O–H groups in total. The van der Waals surface area contributed by atoms with Gasteiger partial charge in [-0.3, -0.25) is 4.79 Å². The summed E-state index contributed by atoms with van der Waals surface area (Å²) in [6, 6.07) is 16.9. The van der Waals surface area contributed by atoms with Crippen molar-refractivity contribution in [2.75, 3.05) is 17.2 Å². The third-order valence-corrected chi connectivity index (χ3v) is 3.33. The van der Waals surface area contributed by atoms with E-state index in [1.54, 1.807) is 24.3 Å². The average molecular weight is 293 g/mol. The van der Waals surface area contributed by atoms with Crippen LogP contribution < -0.4 is 10.6 Å². The summed E-state index contributed by atoms with van der Waals surface area (Å²) in [4.78, 5) is 11.9. The summed E-state index contributed by atoms with van der Waals surface area (Å²) in [5.74, 6) is 0.365. The van der Waals surface area contributed by atoms with Crippen molar-refractivity contribution < 1.29 is 4.79 Å². The zero-order chi connectivity index (χ0) is 15.9. The number of nitriles is 1. The molecule has 112 valence electrons. The molecular weight excluding hydrogens is 274 g/mol. The highest BCUT2D eigenvalue weighted by Crippen LogP contribution is 2.17. The van der Waals surface area contributed by atoms with Gasteiger partial charge in [-0.05, 0) is 47.9 Å². The van der Waals surface area contributed by atoms with E-state index in [9.17, 15) is 4.79 Å². The molecule has 0 atom stereocenters. The molecule has 2 aromatic rings. The predicted octanol–water partition coefficient (Wildman–Crippen LogP) is 3.73. The van der Waals surface area contributed by atoms with Crippen LogP contribution in [0.15, 0.2) is 48.5 Å². The van der Waals surface area contributed by atoms with E-state index < -0.39 is 0 Å². The number of benzene rings is 2. The van der Waals surface area contributed by atoms with Crippen LogP contribution >= 0.6 is 0 Å². The first-order chi connectivity index (χ1) is 10.6. The fraction of sp³-hybridized carbons (Fsp3) is 0.222. The van der Waals surface area contributed by atoms with E-state index in [-0.39, 0.29) is 12.5 Å². The number of nitrogens with zero attached hydrogens (tertiary/aromatic N) is 1. The zero-order valence-electron chi connectivity index (χ0n) is 12.8. The van der Waals surface area contributed by atoms with Crippen molar-refractivity contribution in [3.63, 3.8) is 0 Å². The quantitative estimate of drug-likeness (QED) is 0.882. The van der Waals surface area contributed by atoms with Crippen molar-refractivity contribution >= 4 is 17.3 Å². The molecule has 22 heavy (non-hydrogen) atoms. The molecule has 4 nitrogen and oxygen atoms in total. The number of hydrogen-bond donors (Lipinski definition) is 2. The van der Waals surface area contributed by atoms with Gasteiger partial charge in [0.05, 0.1) is 18.2 Å². The van der Waals surface area contributed by atoms with Gasteiger partial charge in [-0.25, -0.2) is 0 Å². The summed E-state index contributed by atoms with van der Waals surface area (Å²) in [5, 5.41) is 14.6. The minimum absolute atomic E-state index is 0.110. The fourth-order valence-electron chi connectivity index (χ4n) is 2.00. The van der Waals surface area contributed by atoms with Gasteiger partial charge in [-0.15, -0.1) is 0 Å². The SMILES string of the molecule is CC(C)c1ccc(NC(=O)CNc2ccc(C#N)cc2)cc1. The maximum absolute atomic E-state index is 11.9. The van der Waals surface area contributed by atoms with Gasteiger partial charge < -0.3 is 10.6 Å². The van der Waals surface area contributed by atoms with Gasteiger partial charge in [0.15, 0.2) is 0 Å². The molecule has 2 aromatic carbocycles. The Morgan fingerprint density at radius 3 is 2.18 bits per heavy atom. The van der Waals surface area contributed by atoms with E-state index in [4.69, 9.17) is 5.26 Å². The topological polar surface area (TPSA) is 64.9 Å². The second-order valence-electron chi connectivity index (χ2n) is 5.37. The highest BCUT2D eigenvalue weighted by Gasteiger charge is 2.04. The minimum atomic E-state index is -0.110. The number of amides is 1. The Kier molecular flexibility index (Phi) is 5.16. The maximum Gasteiger partial charge on any atom is 0.243 e. The van der Waals surface area contributed by atoms with Crippen LogP contribution in [0, 0.1) is 11.3 Å². The van der Waals surface area contributed by atoms with Gasteiger partial charge in [-0.2, -0.15) is 5.26 Å². The van der Waals surface area contributed by atoms with E-state index in [1.807, 2.05) is 24.3 Å². The molecule has 0 saturated carbocycles. The van der Waals surface area contributed by atoms with Crippen LogP contribution in [0.1, 0.15) is 30.9 Å². The number of hydrogen-bond acceptors (Lipinski definition) is 3. The van der Waals surface area contributed by atoms with Crippen molar-refractivity contribution in [2.24, 2.45) is 0 Å². The molecule has 0 bridgehead atoms. The molecule has 4 heteroatoms. The van der Waals surface area contributed by atoms with Gasteiger partial charge in [0.25, 0.3) is 0 Å². The largest absolute Gasteiger partial charge is 0.376 e. The minimum Gasteiger partial charge on any atom is -0.376 e. The summed E-state index contributed by atoms with van der Waals surface area (Å²) < 4.78 is 0. The predicted molar refractivity (Wildman–Crippen MR) is 88.8 cm³/mol. The lowest BCUT2D eigenvalue weighted by atomic mass is 10.0. The van der Waals surface area contributed by atoms with Gasteiger partial charge in [-0.1, -0.05) is 26.0 Å². The lowest BCUT2D eigenvalue weighted by Crippen LogP contribution is -2.21. The smallest absolute Gasteiger partial charge is 0.243 e. The molecule has 0 saturated heterocycles. The van der Waals surface area contributed by atoms with E-state index in [2.05, 4.69) is 30.6 Å². The number of carbonyl (C=O) groups is 1. The van der Waals surface area contributed by atoms with Crippen LogP contribution in [0.5, 0.6) is 0 Å². The number of carbonyl (C=O) groups excluding carboxylic acids is 1. The first kappa shape index (κ1) is 15.6. The number of anilines is 2. The Bertz CT molecular complexity index is 667. The van der Waals surface area contributed by atoms with Crippen molar-refractivity contribution in [1.29, 1.82) is 5.26 Å². The van der Waals surface area contributed by atoms with Crippen LogP contribution in [0.4, 0.5) is 11.4 Å². The molecule has 0 spiro atoms. The third-order valence-electron chi connectivity index (χ3n) is 3.33. The molecule has 0 aromatic heterocycles. The molecule has 0 fully saturated rings. The van der Waals surface area contributed by atoms with Crippen molar-refractivity contribution in [3.8, 4) is 6.07 Å². The lowest BCUT2D eigenvalue weighted by Gasteiger charge is -2.09. The second kappa shape index (κ2) is 7.28. The van der Waals surface area contributed by atoms with E-state index >= 15 is 0 Å². The van der Waals surface area contributed by atoms with E-state index in [0.717, 1.165) is 11.4 Å². The molecule has 0 aliphatic heterocycles. The first-order valence-corrected chi connectivity index (χ1v) is 7.22. The van der Waals surface area contributed by atoms with Crippen LogP contribution in [-0.4, -0.2) is 12.5 Å². The van der Waals surface area contributed by atoms with Crippen LogP contribution in [-0.2, 0) is 4.79 Å². The van der Waals surface area contributed by atoms with Crippen LogP contribution in [0.3, 0.4) is 0 Å². The molecule has 2 rings (SSSR count). The number of nitrogens with one attached hydrogen (secondary N) is 2. The Morgan fingerprint density at radius 1 is 1.05 bits per heavy atom. The van der Waals surface area contributed by atoms with Gasteiger partial charge in [0.1, 0.15) is 0 Å². The Morgan fingerprint density at radius 2 is 1.64 bits per heavy atom. The van der Waals surface area contributed by atoms with Crippen LogP contribution in [0.25, 0.3) is 0 Å². The molecule has 0 unspecified atom stereocenters. The van der Waals surface area contributed by atoms with Crippen molar-refractivity contribution in [1.82, 2.24) is 0 Å². The summed E-state index contributed by atoms with van der Waals surface area (Å²) in [6.07, 6.45) is 0. The zero-order valence-corrected chi connectivity index (χ0v) is 12.8. The molecular formula is C18H19N3O. The highest BCUT2D eigenvalue weighted by atomic mass is 16.1. The Labute approximate surface area is 130 Å². The van der Waals surface area contributed by atoms with E-state index in [0.29, 0.717) is 11.5 Å². The second-order valence-corrected chi connectivity index (χ2v) is 5.37. The normalized spacial score (nSPS) is 10.1. The monoisotopic (exact) mass is 293 g/mol. The third kappa shape index (κ3) is 4.35.